The fourth-order valence-corrected chi connectivity index (χ4v) is 3.52. The van der Waals surface area contributed by atoms with Gasteiger partial charge in [-0.3, -0.25) is 0 Å². The van der Waals surface area contributed by atoms with Crippen molar-refractivity contribution in [2.75, 3.05) is 0 Å². The fourth-order valence-electron chi connectivity index (χ4n) is 3.52. The molecule has 0 heterocycles. The Morgan fingerprint density at radius 2 is 1.86 bits per heavy atom. The Morgan fingerprint density at radius 1 is 1.23 bits per heavy atom. The van der Waals surface area contributed by atoms with E-state index in [1.165, 1.54) is 36.8 Å². The van der Waals surface area contributed by atoms with Gasteiger partial charge in [-0.25, -0.2) is 0 Å². The van der Waals surface area contributed by atoms with Crippen molar-refractivity contribution in [3.05, 3.63) is 34.9 Å². The second-order valence-electron chi connectivity index (χ2n) is 6.93. The highest BCUT2D eigenvalue weighted by molar-refractivity contribution is 5.35. The summed E-state index contributed by atoms with van der Waals surface area (Å²) < 4.78 is 0. The summed E-state index contributed by atoms with van der Waals surface area (Å²) in [6.07, 6.45) is 6.57. The molecule has 0 unspecified atom stereocenters. The third-order valence-electron chi connectivity index (χ3n) is 4.74. The first-order chi connectivity index (χ1) is 9.88. The minimum absolute atomic E-state index is 0. The van der Waals surface area contributed by atoms with E-state index in [0.29, 0.717) is 0 Å². The molecule has 130 valence electrons. The van der Waals surface area contributed by atoms with Gasteiger partial charge in [0.1, 0.15) is 0 Å². The second kappa shape index (κ2) is 9.32. The van der Waals surface area contributed by atoms with E-state index >= 15 is 0 Å². The molecule has 1 fully saturated rings. The van der Waals surface area contributed by atoms with E-state index in [1.807, 2.05) is 27.7 Å². The Bertz CT molecular complexity index is 440. The van der Waals surface area contributed by atoms with E-state index in [1.54, 1.807) is 0 Å². The van der Waals surface area contributed by atoms with E-state index in [4.69, 9.17) is 0 Å². The maximum absolute atomic E-state index is 10.3. The van der Waals surface area contributed by atoms with Crippen molar-refractivity contribution >= 4 is 0 Å². The average molecular weight is 310 g/mol. The van der Waals surface area contributed by atoms with E-state index in [9.17, 15) is 5.11 Å². The van der Waals surface area contributed by atoms with Gasteiger partial charge >= 0.3 is 0 Å². The van der Waals surface area contributed by atoms with Gasteiger partial charge in [0.2, 0.25) is 0 Å². The van der Waals surface area contributed by atoms with Crippen LogP contribution in [0.1, 0.15) is 78.4 Å². The van der Waals surface area contributed by atoms with Crippen LogP contribution < -0.4 is 6.15 Å². The summed E-state index contributed by atoms with van der Waals surface area (Å²) >= 11 is 0. The molecule has 22 heavy (non-hydrogen) atoms. The number of rotatable bonds is 4. The molecule has 2 heteroatoms. The molecule has 0 bridgehead atoms. The van der Waals surface area contributed by atoms with E-state index in [-0.39, 0.29) is 7.58 Å². The number of hydrogen-bond acceptors (Lipinski definition) is 2. The lowest BCUT2D eigenvalue weighted by Crippen LogP contribution is -2.18. The quantitative estimate of drug-likeness (QED) is 0.714. The molecular formula is C20H39NO. The number of benzene rings is 1. The van der Waals surface area contributed by atoms with Crippen molar-refractivity contribution in [3.8, 4) is 0 Å². The molecule has 2 rings (SSSR count). The summed E-state index contributed by atoms with van der Waals surface area (Å²) in [7, 11) is 0. The van der Waals surface area contributed by atoms with Crippen molar-refractivity contribution < 1.29 is 6.53 Å². The van der Waals surface area contributed by atoms with Gasteiger partial charge in [0, 0.05) is 1.43 Å². The van der Waals surface area contributed by atoms with Gasteiger partial charge in [-0.1, -0.05) is 63.8 Å². The van der Waals surface area contributed by atoms with Crippen molar-refractivity contribution in [1.82, 2.24) is 6.15 Å². The van der Waals surface area contributed by atoms with Crippen molar-refractivity contribution in [1.29, 1.82) is 0 Å². The highest BCUT2D eigenvalue weighted by atomic mass is 16.3. The molecule has 1 saturated carbocycles. The number of hydrogen-bond donors (Lipinski definition) is 2. The molecule has 1 aromatic rings. The van der Waals surface area contributed by atoms with Crippen LogP contribution in [0.15, 0.2) is 18.2 Å². The van der Waals surface area contributed by atoms with Gasteiger partial charge in [-0.15, -0.1) is 0 Å². The molecule has 0 aliphatic heterocycles. The number of aliphatic hydroxyl groups is 1. The minimum atomic E-state index is -0.732. The summed E-state index contributed by atoms with van der Waals surface area (Å²) in [4.78, 5) is 0. The maximum Gasteiger partial charge on any atom is 0.0843 e. The average Bonchev–Trinajstić information content (AvgIpc) is 2.83. The predicted molar refractivity (Wildman–Crippen MR) is 99.7 cm³/mol. The molecule has 1 aromatic carbocycles. The molecule has 1 aliphatic carbocycles. The molecule has 2 nitrogen and oxygen atoms in total. The van der Waals surface area contributed by atoms with Gasteiger partial charge in [-0.05, 0) is 56.6 Å². The molecule has 0 spiro atoms. The first-order valence-corrected chi connectivity index (χ1v) is 8.70. The smallest absolute Gasteiger partial charge is 0.0843 e. The Kier molecular flexibility index (Phi) is 8.95. The Balaban J connectivity index is 0. The zero-order valence-corrected chi connectivity index (χ0v) is 15.6. The van der Waals surface area contributed by atoms with Gasteiger partial charge in [0.05, 0.1) is 5.60 Å². The van der Waals surface area contributed by atoms with Gasteiger partial charge in [0.15, 0.2) is 0 Å². The number of aryl methyl sites for hydroxylation is 2. The third kappa shape index (κ3) is 5.73. The Hall–Kier alpha value is -0.860. The van der Waals surface area contributed by atoms with Crippen molar-refractivity contribution in [2.24, 2.45) is 11.8 Å². The lowest BCUT2D eigenvalue weighted by Gasteiger charge is -2.23. The van der Waals surface area contributed by atoms with Crippen LogP contribution in [-0.4, -0.2) is 5.11 Å². The first kappa shape index (κ1) is 21.1. The van der Waals surface area contributed by atoms with Crippen LogP contribution >= 0.6 is 0 Å². The lowest BCUT2D eigenvalue weighted by molar-refractivity contribution is 0.0775. The van der Waals surface area contributed by atoms with Crippen LogP contribution in [0.3, 0.4) is 0 Å². The van der Waals surface area contributed by atoms with Gasteiger partial charge in [0.25, 0.3) is 0 Å². The molecule has 4 N–H and O–H groups in total. The highest BCUT2D eigenvalue weighted by Crippen LogP contribution is 2.35. The van der Waals surface area contributed by atoms with E-state index in [2.05, 4.69) is 32.0 Å². The van der Waals surface area contributed by atoms with Gasteiger partial charge < -0.3 is 11.3 Å². The van der Waals surface area contributed by atoms with Crippen LogP contribution in [0.2, 0.25) is 0 Å². The van der Waals surface area contributed by atoms with Crippen molar-refractivity contribution in [2.45, 2.75) is 79.2 Å². The van der Waals surface area contributed by atoms with E-state index < -0.39 is 5.60 Å². The molecule has 2 atom stereocenters. The molecule has 1 aliphatic rings. The summed E-state index contributed by atoms with van der Waals surface area (Å²) in [5.74, 6) is 1.77. The topological polar surface area (TPSA) is 55.2 Å². The third-order valence-corrected chi connectivity index (χ3v) is 4.74. The first-order valence-electron chi connectivity index (χ1n) is 8.70. The summed E-state index contributed by atoms with van der Waals surface area (Å²) in [5.41, 5.74) is 3.00. The minimum Gasteiger partial charge on any atom is -0.386 e. The Labute approximate surface area is 139 Å². The van der Waals surface area contributed by atoms with E-state index in [0.717, 1.165) is 23.8 Å². The fraction of sp³-hybridized carbons (Fsp3) is 0.700. The lowest BCUT2D eigenvalue weighted by atomic mass is 9.86. The summed E-state index contributed by atoms with van der Waals surface area (Å²) in [5, 5.41) is 10.3. The van der Waals surface area contributed by atoms with Crippen LogP contribution in [0.4, 0.5) is 0 Å². The summed E-state index contributed by atoms with van der Waals surface area (Å²) in [6.45, 7) is 12.3. The van der Waals surface area contributed by atoms with Crippen molar-refractivity contribution in [3.63, 3.8) is 0 Å². The largest absolute Gasteiger partial charge is 0.386 e. The van der Waals surface area contributed by atoms with Crippen LogP contribution in [0, 0.1) is 18.8 Å². The van der Waals surface area contributed by atoms with Crippen LogP contribution in [-0.2, 0) is 12.0 Å². The summed E-state index contributed by atoms with van der Waals surface area (Å²) in [6, 6.07) is 6.46. The normalized spacial score (nSPS) is 20.9. The zero-order chi connectivity index (χ0) is 16.0. The second-order valence-corrected chi connectivity index (χ2v) is 6.93. The SMILES string of the molecule is CC.Cc1ccc(C(C)(C)O)c(CC[C@H]2CCC[C@@H]2C)c1.N.[HH]. The van der Waals surface area contributed by atoms with Crippen LogP contribution in [0.5, 0.6) is 0 Å². The highest BCUT2D eigenvalue weighted by Gasteiger charge is 2.24. The predicted octanol–water partition coefficient (Wildman–Crippen LogP) is 6.03. The maximum atomic E-state index is 10.3. The molecule has 0 saturated heterocycles. The monoisotopic (exact) mass is 309 g/mol. The molecule has 0 aromatic heterocycles. The molecule has 0 radical (unpaired) electrons. The zero-order valence-electron chi connectivity index (χ0n) is 15.6. The van der Waals surface area contributed by atoms with Gasteiger partial charge in [-0.2, -0.15) is 0 Å². The molecule has 0 amide bonds. The Morgan fingerprint density at radius 3 is 2.36 bits per heavy atom. The standard InChI is InChI=1S/C18H28O.C2H6.H3N.H2/c1-13-8-11-17(18(3,4)19)16(12-13)10-9-15-7-5-6-14(15)2;1-2;;/h8,11-12,14-15,19H,5-7,9-10H2,1-4H3;1-2H3;1H3;1H/t14-,15+;;;/m0.../s1. The van der Waals surface area contributed by atoms with Crippen LogP contribution in [0.25, 0.3) is 0 Å². The molecular weight excluding hydrogens is 270 g/mol.